The molecule has 3 heteroatoms. The normalized spacial score (nSPS) is 14.9. The number of hydrogen-bond donors (Lipinski definition) is 1. The van der Waals surface area contributed by atoms with Crippen molar-refractivity contribution in [2.45, 2.75) is 116 Å². The molecular weight excluding hydrogens is 360 g/mol. The zero-order valence-corrected chi connectivity index (χ0v) is 18.4. The number of piperidine rings is 1. The van der Waals surface area contributed by atoms with Crippen LogP contribution in [0.25, 0.3) is 0 Å². The molecule has 24 heavy (non-hydrogen) atoms. The van der Waals surface area contributed by atoms with Crippen molar-refractivity contribution in [3.8, 4) is 0 Å². The Labute approximate surface area is 163 Å². The van der Waals surface area contributed by atoms with Crippen molar-refractivity contribution < 1.29 is 0 Å². The first kappa shape index (κ1) is 26.6. The van der Waals surface area contributed by atoms with Crippen molar-refractivity contribution in [2.75, 3.05) is 19.6 Å². The van der Waals surface area contributed by atoms with E-state index < -0.39 is 0 Å². The molecular formula is C21H47BrN2. The van der Waals surface area contributed by atoms with Crippen LogP contribution in [0.5, 0.6) is 0 Å². The van der Waals surface area contributed by atoms with Gasteiger partial charge >= 0.3 is 0 Å². The maximum Gasteiger partial charge on any atom is -0.00187 e. The van der Waals surface area contributed by atoms with E-state index in [2.05, 4.69) is 11.8 Å². The Balaban J connectivity index is 0. The van der Waals surface area contributed by atoms with Crippen molar-refractivity contribution in [3.05, 3.63) is 0 Å². The van der Waals surface area contributed by atoms with Gasteiger partial charge in [0.15, 0.2) is 0 Å². The minimum absolute atomic E-state index is 0. The first-order valence-corrected chi connectivity index (χ1v) is 10.7. The van der Waals surface area contributed by atoms with Gasteiger partial charge in [-0.05, 0) is 38.9 Å². The minimum atomic E-state index is 0. The Bertz CT molecular complexity index is 218. The highest BCUT2D eigenvalue weighted by molar-refractivity contribution is 8.93. The monoisotopic (exact) mass is 406 g/mol. The van der Waals surface area contributed by atoms with Crippen molar-refractivity contribution >= 4 is 17.0 Å². The molecule has 0 amide bonds. The van der Waals surface area contributed by atoms with Gasteiger partial charge in [0, 0.05) is 0 Å². The van der Waals surface area contributed by atoms with Crippen molar-refractivity contribution in [3.63, 3.8) is 0 Å². The van der Waals surface area contributed by atoms with Crippen LogP contribution in [0, 0.1) is 0 Å². The summed E-state index contributed by atoms with van der Waals surface area (Å²) < 4.78 is 0. The summed E-state index contributed by atoms with van der Waals surface area (Å²) in [5, 5.41) is 0. The largest absolute Gasteiger partial charge is 0.344 e. The van der Waals surface area contributed by atoms with Crippen molar-refractivity contribution in [2.24, 2.45) is 0 Å². The lowest BCUT2D eigenvalue weighted by Crippen LogP contribution is -2.30. The van der Waals surface area contributed by atoms with E-state index in [0.29, 0.717) is 0 Å². The van der Waals surface area contributed by atoms with Crippen molar-refractivity contribution in [1.29, 1.82) is 0 Å². The molecule has 0 atom stereocenters. The Morgan fingerprint density at radius 1 is 0.542 bits per heavy atom. The van der Waals surface area contributed by atoms with Crippen LogP contribution in [0.2, 0.25) is 0 Å². The van der Waals surface area contributed by atoms with E-state index in [-0.39, 0.29) is 23.1 Å². The van der Waals surface area contributed by atoms with E-state index in [0.717, 1.165) is 0 Å². The molecule has 2 nitrogen and oxygen atoms in total. The highest BCUT2D eigenvalue weighted by Crippen LogP contribution is 2.14. The molecule has 0 aromatic heterocycles. The average molecular weight is 408 g/mol. The summed E-state index contributed by atoms with van der Waals surface area (Å²) in [5.41, 5.74) is 0. The molecule has 1 fully saturated rings. The SMILES string of the molecule is Br.CCCCCCCCCCCCCCCCN1CCCCC1.N. The van der Waals surface area contributed by atoms with Gasteiger partial charge in [-0.1, -0.05) is 96.8 Å². The molecule has 0 saturated carbocycles. The molecule has 0 spiro atoms. The zero-order valence-electron chi connectivity index (χ0n) is 16.7. The van der Waals surface area contributed by atoms with E-state index in [1.807, 2.05) is 0 Å². The van der Waals surface area contributed by atoms with Gasteiger partial charge in [-0.25, -0.2) is 0 Å². The summed E-state index contributed by atoms with van der Waals surface area (Å²) in [5.74, 6) is 0. The first-order chi connectivity index (χ1) is 10.9. The van der Waals surface area contributed by atoms with Crippen LogP contribution in [0.15, 0.2) is 0 Å². The maximum atomic E-state index is 2.68. The Morgan fingerprint density at radius 3 is 1.33 bits per heavy atom. The van der Waals surface area contributed by atoms with E-state index in [1.54, 1.807) is 0 Å². The number of hydrogen-bond acceptors (Lipinski definition) is 2. The second-order valence-electron chi connectivity index (χ2n) is 7.50. The third-order valence-corrected chi connectivity index (χ3v) is 5.28. The lowest BCUT2D eigenvalue weighted by molar-refractivity contribution is 0.224. The molecule has 0 unspecified atom stereocenters. The van der Waals surface area contributed by atoms with Gasteiger partial charge in [0.2, 0.25) is 0 Å². The maximum absolute atomic E-state index is 2.68. The van der Waals surface area contributed by atoms with Crippen LogP contribution in [-0.2, 0) is 0 Å². The molecule has 1 aliphatic rings. The van der Waals surface area contributed by atoms with Gasteiger partial charge in [-0.3, -0.25) is 0 Å². The zero-order chi connectivity index (χ0) is 15.7. The standard InChI is InChI=1S/C21H43N.BrH.H3N/c1-2-3-4-5-6-7-8-9-10-11-12-13-14-16-19-22-20-17-15-18-21-22;;/h2-21H2,1H3;1H;1H3. The predicted molar refractivity (Wildman–Crippen MR) is 116 cm³/mol. The van der Waals surface area contributed by atoms with E-state index in [9.17, 15) is 0 Å². The third-order valence-electron chi connectivity index (χ3n) is 5.28. The summed E-state index contributed by atoms with van der Waals surface area (Å²) >= 11 is 0. The molecule has 1 aliphatic heterocycles. The number of nitrogens with zero attached hydrogens (tertiary/aromatic N) is 1. The smallest absolute Gasteiger partial charge is 0.00187 e. The topological polar surface area (TPSA) is 38.2 Å². The molecule has 3 N–H and O–H groups in total. The van der Waals surface area contributed by atoms with Gasteiger partial charge < -0.3 is 11.1 Å². The summed E-state index contributed by atoms with van der Waals surface area (Å²) in [6, 6.07) is 0. The van der Waals surface area contributed by atoms with Crippen LogP contribution in [0.3, 0.4) is 0 Å². The van der Waals surface area contributed by atoms with Gasteiger partial charge in [0.05, 0.1) is 0 Å². The number of likely N-dealkylation sites (tertiary alicyclic amines) is 1. The molecule has 1 rings (SSSR count). The highest BCUT2D eigenvalue weighted by Gasteiger charge is 2.08. The molecule has 1 heterocycles. The summed E-state index contributed by atoms with van der Waals surface area (Å²) in [7, 11) is 0. The Kier molecular flexibility index (Phi) is 23.8. The van der Waals surface area contributed by atoms with Crippen LogP contribution in [0.1, 0.15) is 116 Å². The van der Waals surface area contributed by atoms with Crippen molar-refractivity contribution in [1.82, 2.24) is 11.1 Å². The van der Waals surface area contributed by atoms with Crippen LogP contribution in [0.4, 0.5) is 0 Å². The second-order valence-corrected chi connectivity index (χ2v) is 7.50. The van der Waals surface area contributed by atoms with Crippen LogP contribution >= 0.6 is 17.0 Å². The van der Waals surface area contributed by atoms with Gasteiger partial charge in [0.25, 0.3) is 0 Å². The summed E-state index contributed by atoms with van der Waals surface area (Å²) in [4.78, 5) is 2.68. The van der Waals surface area contributed by atoms with E-state index >= 15 is 0 Å². The molecule has 0 radical (unpaired) electrons. The molecule has 1 saturated heterocycles. The van der Waals surface area contributed by atoms with Crippen LogP contribution < -0.4 is 6.15 Å². The number of rotatable bonds is 15. The lowest BCUT2D eigenvalue weighted by atomic mass is 10.0. The van der Waals surface area contributed by atoms with Gasteiger partial charge in [0.1, 0.15) is 0 Å². The fraction of sp³-hybridized carbons (Fsp3) is 1.00. The summed E-state index contributed by atoms with van der Waals surface area (Å²) in [6.45, 7) is 6.42. The fourth-order valence-electron chi connectivity index (χ4n) is 3.71. The lowest BCUT2D eigenvalue weighted by Gasteiger charge is -2.26. The highest BCUT2D eigenvalue weighted by atomic mass is 79.9. The molecule has 148 valence electrons. The van der Waals surface area contributed by atoms with E-state index in [1.165, 1.54) is 129 Å². The first-order valence-electron chi connectivity index (χ1n) is 10.7. The minimum Gasteiger partial charge on any atom is -0.344 e. The quantitative estimate of drug-likeness (QED) is 0.283. The van der Waals surface area contributed by atoms with Crippen LogP contribution in [-0.4, -0.2) is 24.5 Å². The van der Waals surface area contributed by atoms with Gasteiger partial charge in [-0.15, -0.1) is 17.0 Å². The second kappa shape index (κ2) is 21.4. The third kappa shape index (κ3) is 17.2. The average Bonchev–Trinajstić information content (AvgIpc) is 2.56. The summed E-state index contributed by atoms with van der Waals surface area (Å²) in [6.07, 6.45) is 24.9. The fourth-order valence-corrected chi connectivity index (χ4v) is 3.71. The molecule has 0 aromatic carbocycles. The van der Waals surface area contributed by atoms with Gasteiger partial charge in [-0.2, -0.15) is 0 Å². The Hall–Kier alpha value is 0.400. The Morgan fingerprint density at radius 2 is 0.917 bits per heavy atom. The molecule has 0 aliphatic carbocycles. The molecule has 0 bridgehead atoms. The van der Waals surface area contributed by atoms with E-state index in [4.69, 9.17) is 0 Å². The predicted octanol–water partition coefficient (Wildman–Crippen LogP) is 7.69. The number of unbranched alkanes of at least 4 members (excludes halogenated alkanes) is 13. The number of halogens is 1. The molecule has 0 aromatic rings.